The highest BCUT2D eigenvalue weighted by molar-refractivity contribution is 7.16. The van der Waals surface area contributed by atoms with Crippen molar-refractivity contribution in [1.82, 2.24) is 9.88 Å². The number of thiazole rings is 1. The van der Waals surface area contributed by atoms with E-state index in [2.05, 4.69) is 22.1 Å². The molecule has 0 amide bonds. The first-order valence-corrected chi connectivity index (χ1v) is 9.31. The van der Waals surface area contributed by atoms with Gasteiger partial charge in [0, 0.05) is 30.1 Å². The number of halogens is 3. The number of methoxy groups -OCH3 is 1. The summed E-state index contributed by atoms with van der Waals surface area (Å²) in [6.45, 7) is 3.87. The average Bonchev–Trinajstić information content (AvgIpc) is 3.20. The molecule has 1 N–H and O–H groups in total. The maximum absolute atomic E-state index is 13.3. The van der Waals surface area contributed by atoms with Gasteiger partial charge in [0.2, 0.25) is 0 Å². The lowest BCUT2D eigenvalue weighted by molar-refractivity contribution is -0.137. The van der Waals surface area contributed by atoms with Crippen LogP contribution in [0.15, 0.2) is 18.2 Å². The van der Waals surface area contributed by atoms with Crippen LogP contribution in [0.1, 0.15) is 30.2 Å². The van der Waals surface area contributed by atoms with Crippen molar-refractivity contribution in [3.8, 4) is 17.0 Å². The fourth-order valence-corrected chi connectivity index (χ4v) is 4.18. The Morgan fingerprint density at radius 2 is 2.12 bits per heavy atom. The first kappa shape index (κ1) is 19.0. The minimum Gasteiger partial charge on any atom is -0.497 e. The van der Waals surface area contributed by atoms with Gasteiger partial charge in [-0.2, -0.15) is 13.2 Å². The van der Waals surface area contributed by atoms with Crippen LogP contribution >= 0.6 is 11.3 Å². The van der Waals surface area contributed by atoms with E-state index in [1.807, 2.05) is 0 Å². The van der Waals surface area contributed by atoms with Crippen molar-refractivity contribution in [1.29, 1.82) is 0 Å². The van der Waals surface area contributed by atoms with Gasteiger partial charge in [0.15, 0.2) is 5.13 Å². The second-order valence-corrected chi connectivity index (χ2v) is 7.53. The number of alkyl halides is 3. The third-order valence-corrected chi connectivity index (χ3v) is 5.75. The van der Waals surface area contributed by atoms with Crippen LogP contribution in [-0.4, -0.2) is 36.6 Å². The van der Waals surface area contributed by atoms with Crippen molar-refractivity contribution >= 4 is 16.5 Å². The summed E-state index contributed by atoms with van der Waals surface area (Å²) >= 11 is 1.48. The molecule has 1 fully saturated rings. The number of ether oxygens (including phenoxy) is 1. The molecule has 4 nitrogen and oxygen atoms in total. The summed E-state index contributed by atoms with van der Waals surface area (Å²) in [4.78, 5) is 7.83. The van der Waals surface area contributed by atoms with E-state index in [1.54, 1.807) is 13.1 Å². The van der Waals surface area contributed by atoms with Crippen molar-refractivity contribution < 1.29 is 17.9 Å². The molecule has 0 spiro atoms. The first-order valence-electron chi connectivity index (χ1n) is 8.50. The Morgan fingerprint density at radius 3 is 2.69 bits per heavy atom. The van der Waals surface area contributed by atoms with Crippen LogP contribution in [0.25, 0.3) is 11.3 Å². The van der Waals surface area contributed by atoms with Crippen molar-refractivity contribution in [2.75, 3.05) is 26.0 Å². The highest BCUT2D eigenvalue weighted by Crippen LogP contribution is 2.39. The molecule has 1 unspecified atom stereocenters. The van der Waals surface area contributed by atoms with Crippen LogP contribution in [-0.2, 0) is 12.7 Å². The topological polar surface area (TPSA) is 37.4 Å². The fourth-order valence-electron chi connectivity index (χ4n) is 3.22. The molecular weight excluding hydrogens is 363 g/mol. The average molecular weight is 385 g/mol. The van der Waals surface area contributed by atoms with Gasteiger partial charge in [-0.3, -0.25) is 4.90 Å². The van der Waals surface area contributed by atoms with Gasteiger partial charge in [0.25, 0.3) is 0 Å². The molecule has 2 aromatic rings. The molecule has 8 heteroatoms. The van der Waals surface area contributed by atoms with Crippen LogP contribution in [0.4, 0.5) is 18.3 Å². The van der Waals surface area contributed by atoms with Gasteiger partial charge in [-0.1, -0.05) is 0 Å². The molecule has 1 aromatic heterocycles. The Labute approximate surface area is 155 Å². The second kappa shape index (κ2) is 7.44. The molecular formula is C18H22F3N3OS. The first-order chi connectivity index (χ1) is 12.3. The largest absolute Gasteiger partial charge is 0.497 e. The second-order valence-electron chi connectivity index (χ2n) is 6.45. The third-order valence-electron chi connectivity index (χ3n) is 4.69. The van der Waals surface area contributed by atoms with Gasteiger partial charge in [-0.05, 0) is 44.5 Å². The quantitative estimate of drug-likeness (QED) is 0.797. The molecule has 1 aliphatic heterocycles. The minimum atomic E-state index is -4.44. The summed E-state index contributed by atoms with van der Waals surface area (Å²) in [5.41, 5.74) is 0.283. The number of aromatic nitrogens is 1. The minimum absolute atomic E-state index is 0.175. The highest BCUT2D eigenvalue weighted by Gasteiger charge is 2.32. The number of anilines is 1. The van der Waals surface area contributed by atoms with E-state index in [9.17, 15) is 13.2 Å². The Kier molecular flexibility index (Phi) is 5.43. The Bertz CT molecular complexity index is 776. The zero-order valence-electron chi connectivity index (χ0n) is 15.0. The molecule has 0 radical (unpaired) electrons. The molecule has 26 heavy (non-hydrogen) atoms. The number of hydrogen-bond donors (Lipinski definition) is 1. The van der Waals surface area contributed by atoms with Gasteiger partial charge < -0.3 is 10.1 Å². The molecule has 0 saturated carbocycles. The summed E-state index contributed by atoms with van der Waals surface area (Å²) in [6.07, 6.45) is -2.15. The standard InChI is InChI=1S/C18H22F3N3OS/c1-11-5-4-6-24(11)10-15-16(23-17(22-2)26-15)12-7-13(18(19,20)21)9-14(8-12)25-3/h7-9,11H,4-6,10H2,1-3H3,(H,22,23). The number of hydrogen-bond acceptors (Lipinski definition) is 5. The summed E-state index contributed by atoms with van der Waals surface area (Å²) in [6, 6.07) is 4.24. The van der Waals surface area contributed by atoms with Crippen LogP contribution in [0.2, 0.25) is 0 Å². The molecule has 1 aromatic carbocycles. The van der Waals surface area contributed by atoms with Gasteiger partial charge in [-0.15, -0.1) is 11.3 Å². The van der Waals surface area contributed by atoms with Crippen LogP contribution in [0.5, 0.6) is 5.75 Å². The molecule has 1 atom stereocenters. The normalized spacial score (nSPS) is 18.3. The monoisotopic (exact) mass is 385 g/mol. The number of likely N-dealkylation sites (tertiary alicyclic amines) is 1. The van der Waals surface area contributed by atoms with Crippen LogP contribution in [0.3, 0.4) is 0 Å². The Balaban J connectivity index is 2.04. The lowest BCUT2D eigenvalue weighted by Gasteiger charge is -2.20. The molecule has 0 bridgehead atoms. The zero-order chi connectivity index (χ0) is 18.9. The van der Waals surface area contributed by atoms with Crippen molar-refractivity contribution in [2.24, 2.45) is 0 Å². The Morgan fingerprint density at radius 1 is 1.35 bits per heavy atom. The maximum Gasteiger partial charge on any atom is 0.416 e. The lowest BCUT2D eigenvalue weighted by Crippen LogP contribution is -2.25. The van der Waals surface area contributed by atoms with E-state index in [0.29, 0.717) is 29.0 Å². The molecule has 1 aliphatic rings. The van der Waals surface area contributed by atoms with E-state index < -0.39 is 11.7 Å². The number of rotatable bonds is 5. The Hall–Kier alpha value is -1.80. The van der Waals surface area contributed by atoms with Crippen molar-refractivity contribution in [2.45, 2.75) is 38.5 Å². The van der Waals surface area contributed by atoms with Crippen LogP contribution in [0, 0.1) is 0 Å². The van der Waals surface area contributed by atoms with E-state index in [1.165, 1.54) is 18.4 Å². The summed E-state index contributed by atoms with van der Waals surface area (Å²) in [5.74, 6) is 0.175. The highest BCUT2D eigenvalue weighted by atomic mass is 32.1. The van der Waals surface area contributed by atoms with Gasteiger partial charge in [0.1, 0.15) is 5.75 Å². The third kappa shape index (κ3) is 3.96. The van der Waals surface area contributed by atoms with Gasteiger partial charge >= 0.3 is 6.18 Å². The molecule has 0 aliphatic carbocycles. The van der Waals surface area contributed by atoms with E-state index in [-0.39, 0.29) is 5.75 Å². The fraction of sp³-hybridized carbons (Fsp3) is 0.500. The maximum atomic E-state index is 13.3. The van der Waals surface area contributed by atoms with E-state index in [0.717, 1.165) is 36.4 Å². The predicted octanol–water partition coefficient (Wildman–Crippen LogP) is 4.86. The summed E-state index contributed by atoms with van der Waals surface area (Å²) < 4.78 is 44.9. The van der Waals surface area contributed by atoms with Crippen LogP contribution < -0.4 is 10.1 Å². The van der Waals surface area contributed by atoms with E-state index in [4.69, 9.17) is 4.74 Å². The number of nitrogens with one attached hydrogen (secondary N) is 1. The lowest BCUT2D eigenvalue weighted by atomic mass is 10.1. The smallest absolute Gasteiger partial charge is 0.416 e. The van der Waals surface area contributed by atoms with Crippen molar-refractivity contribution in [3.63, 3.8) is 0 Å². The SMILES string of the molecule is CNc1nc(-c2cc(OC)cc(C(F)(F)F)c2)c(CN2CCCC2C)s1. The summed E-state index contributed by atoms with van der Waals surface area (Å²) in [5, 5.41) is 3.70. The number of benzene rings is 1. The zero-order valence-corrected chi connectivity index (χ0v) is 15.8. The molecule has 1 saturated heterocycles. The predicted molar refractivity (Wildman–Crippen MR) is 97.8 cm³/mol. The molecule has 142 valence electrons. The molecule has 2 heterocycles. The van der Waals surface area contributed by atoms with Gasteiger partial charge in [0.05, 0.1) is 18.4 Å². The van der Waals surface area contributed by atoms with E-state index >= 15 is 0 Å². The van der Waals surface area contributed by atoms with Crippen molar-refractivity contribution in [3.05, 3.63) is 28.6 Å². The summed E-state index contributed by atoms with van der Waals surface area (Å²) in [7, 11) is 3.13. The van der Waals surface area contributed by atoms with Gasteiger partial charge in [-0.25, -0.2) is 4.98 Å². The number of nitrogens with zero attached hydrogens (tertiary/aromatic N) is 2. The molecule has 3 rings (SSSR count).